The van der Waals surface area contributed by atoms with Crippen LogP contribution in [0, 0.1) is 0 Å². The second-order valence-electron chi connectivity index (χ2n) is 22.4. The molecule has 0 aliphatic heterocycles. The van der Waals surface area contributed by atoms with Gasteiger partial charge in [0.25, 0.3) is 0 Å². The molecule has 1 unspecified atom stereocenters. The lowest BCUT2D eigenvalue weighted by molar-refractivity contribution is -0.167. The number of esters is 3. The number of hydrogen-bond acceptors (Lipinski definition) is 6. The van der Waals surface area contributed by atoms with Crippen LogP contribution in [0.25, 0.3) is 0 Å². The zero-order valence-corrected chi connectivity index (χ0v) is 51.2. The van der Waals surface area contributed by atoms with Crippen LogP contribution < -0.4 is 0 Å². The molecule has 446 valence electrons. The fraction of sp³-hybridized carbons (Fsp3) is 0.789. The van der Waals surface area contributed by atoms with Crippen molar-refractivity contribution in [2.75, 3.05) is 13.2 Å². The maximum Gasteiger partial charge on any atom is 0.306 e. The summed E-state index contributed by atoms with van der Waals surface area (Å²) in [5, 5.41) is 0. The molecule has 77 heavy (non-hydrogen) atoms. The Balaban J connectivity index is 4.29. The lowest BCUT2D eigenvalue weighted by Crippen LogP contribution is -2.30. The highest BCUT2D eigenvalue weighted by Crippen LogP contribution is 2.17. The third-order valence-corrected chi connectivity index (χ3v) is 14.7. The second kappa shape index (κ2) is 65.4. The van der Waals surface area contributed by atoms with Crippen molar-refractivity contribution in [3.05, 3.63) is 72.9 Å². The van der Waals surface area contributed by atoms with Gasteiger partial charge in [-0.1, -0.05) is 299 Å². The Morgan fingerprint density at radius 2 is 0.468 bits per heavy atom. The number of hydrogen-bond donors (Lipinski definition) is 0. The largest absolute Gasteiger partial charge is 0.462 e. The van der Waals surface area contributed by atoms with Crippen molar-refractivity contribution in [3.8, 4) is 0 Å². The predicted octanol–water partition coefficient (Wildman–Crippen LogP) is 22.9. The first-order chi connectivity index (χ1) is 38.0. The van der Waals surface area contributed by atoms with Crippen molar-refractivity contribution < 1.29 is 28.6 Å². The minimum atomic E-state index is -0.783. The van der Waals surface area contributed by atoms with E-state index < -0.39 is 6.10 Å². The summed E-state index contributed by atoms with van der Waals surface area (Å²) in [7, 11) is 0. The summed E-state index contributed by atoms with van der Waals surface area (Å²) in [4.78, 5) is 38.3. The van der Waals surface area contributed by atoms with Crippen molar-refractivity contribution in [2.24, 2.45) is 0 Å². The first-order valence-electron chi connectivity index (χ1n) is 33.4. The SMILES string of the molecule is CCCCC/C=C\C/C=C\C/C=C\CCCCCCCCC(=O)OC(COC(=O)CCCCCCCCCCCCCCC)COC(=O)CCCCCCCCCCCCCC/C=C\C/C=C\C/C=C\CCCCCCC. The maximum absolute atomic E-state index is 12.9. The van der Waals surface area contributed by atoms with Gasteiger partial charge in [-0.05, 0) is 96.3 Å². The zero-order chi connectivity index (χ0) is 55.7. The molecule has 0 aromatic rings. The molecule has 0 saturated carbocycles. The number of carbonyl (C=O) groups excluding carboxylic acids is 3. The van der Waals surface area contributed by atoms with E-state index in [1.165, 1.54) is 205 Å². The molecule has 0 amide bonds. The van der Waals surface area contributed by atoms with Crippen molar-refractivity contribution in [3.63, 3.8) is 0 Å². The molecule has 0 aliphatic carbocycles. The van der Waals surface area contributed by atoms with Gasteiger partial charge >= 0.3 is 17.9 Å². The molecule has 1 atom stereocenters. The van der Waals surface area contributed by atoms with Gasteiger partial charge in [0, 0.05) is 19.3 Å². The van der Waals surface area contributed by atoms with Gasteiger partial charge in [-0.3, -0.25) is 14.4 Å². The Hall–Kier alpha value is -3.15. The van der Waals surface area contributed by atoms with E-state index >= 15 is 0 Å². The molecule has 0 N–H and O–H groups in total. The summed E-state index contributed by atoms with van der Waals surface area (Å²) in [6.07, 6.45) is 84.8. The molecule has 0 spiro atoms. The Bertz CT molecular complexity index is 1420. The summed E-state index contributed by atoms with van der Waals surface area (Å²) in [5.41, 5.74) is 0. The van der Waals surface area contributed by atoms with Gasteiger partial charge in [-0.15, -0.1) is 0 Å². The predicted molar refractivity (Wildman–Crippen MR) is 335 cm³/mol. The summed E-state index contributed by atoms with van der Waals surface area (Å²) in [5.74, 6) is -0.876. The lowest BCUT2D eigenvalue weighted by atomic mass is 10.0. The smallest absolute Gasteiger partial charge is 0.306 e. The van der Waals surface area contributed by atoms with E-state index in [0.717, 1.165) is 96.3 Å². The summed E-state index contributed by atoms with van der Waals surface area (Å²) < 4.78 is 16.9. The van der Waals surface area contributed by atoms with Crippen LogP contribution in [-0.4, -0.2) is 37.2 Å². The van der Waals surface area contributed by atoms with Gasteiger partial charge in [0.15, 0.2) is 6.10 Å². The first kappa shape index (κ1) is 73.8. The molecule has 0 aliphatic rings. The highest BCUT2D eigenvalue weighted by atomic mass is 16.6. The monoisotopic (exact) mass is 1070 g/mol. The molecule has 0 saturated heterocycles. The van der Waals surface area contributed by atoms with Crippen LogP contribution in [-0.2, 0) is 28.6 Å². The van der Waals surface area contributed by atoms with Crippen molar-refractivity contribution in [2.45, 2.75) is 348 Å². The van der Waals surface area contributed by atoms with E-state index in [1.807, 2.05) is 0 Å². The van der Waals surface area contributed by atoms with Crippen LogP contribution in [0.15, 0.2) is 72.9 Å². The zero-order valence-electron chi connectivity index (χ0n) is 51.2. The fourth-order valence-electron chi connectivity index (χ4n) is 9.64. The van der Waals surface area contributed by atoms with Gasteiger partial charge in [0.05, 0.1) is 0 Å². The minimum absolute atomic E-state index is 0.0779. The Morgan fingerprint density at radius 1 is 0.260 bits per heavy atom. The Labute approximate surface area is 478 Å². The number of rotatable bonds is 61. The van der Waals surface area contributed by atoms with Crippen LogP contribution in [0.5, 0.6) is 0 Å². The third-order valence-electron chi connectivity index (χ3n) is 14.7. The van der Waals surface area contributed by atoms with Crippen LogP contribution >= 0.6 is 0 Å². The maximum atomic E-state index is 12.9. The van der Waals surface area contributed by atoms with Crippen LogP contribution in [0.3, 0.4) is 0 Å². The van der Waals surface area contributed by atoms with E-state index in [4.69, 9.17) is 14.2 Å². The van der Waals surface area contributed by atoms with E-state index in [1.54, 1.807) is 0 Å². The molecule has 0 rings (SSSR count). The number of carbonyl (C=O) groups is 3. The van der Waals surface area contributed by atoms with Gasteiger partial charge < -0.3 is 14.2 Å². The highest BCUT2D eigenvalue weighted by Gasteiger charge is 2.19. The summed E-state index contributed by atoms with van der Waals surface area (Å²) in [6, 6.07) is 0. The van der Waals surface area contributed by atoms with Crippen molar-refractivity contribution in [1.29, 1.82) is 0 Å². The Morgan fingerprint density at radius 3 is 0.753 bits per heavy atom. The molecule has 6 heteroatoms. The number of ether oxygens (including phenoxy) is 3. The first-order valence-corrected chi connectivity index (χ1v) is 33.4. The topological polar surface area (TPSA) is 78.9 Å². The molecule has 0 radical (unpaired) electrons. The third kappa shape index (κ3) is 63.6. The Kier molecular flexibility index (Phi) is 62.7. The summed E-state index contributed by atoms with van der Waals surface area (Å²) in [6.45, 7) is 6.63. The fourth-order valence-corrected chi connectivity index (χ4v) is 9.64. The average molecular weight is 1080 g/mol. The van der Waals surface area contributed by atoms with E-state index in [-0.39, 0.29) is 31.1 Å². The highest BCUT2D eigenvalue weighted by molar-refractivity contribution is 5.71. The van der Waals surface area contributed by atoms with Gasteiger partial charge in [-0.25, -0.2) is 0 Å². The van der Waals surface area contributed by atoms with Crippen LogP contribution in [0.2, 0.25) is 0 Å². The molecule has 0 heterocycles. The number of unbranched alkanes of at least 4 members (excludes halogenated alkanes) is 38. The quantitative estimate of drug-likeness (QED) is 0.0261. The van der Waals surface area contributed by atoms with Gasteiger partial charge in [0.2, 0.25) is 0 Å². The van der Waals surface area contributed by atoms with Crippen molar-refractivity contribution >= 4 is 17.9 Å². The molecule has 0 fully saturated rings. The van der Waals surface area contributed by atoms with Gasteiger partial charge in [0.1, 0.15) is 13.2 Å². The van der Waals surface area contributed by atoms with Crippen molar-refractivity contribution in [1.82, 2.24) is 0 Å². The van der Waals surface area contributed by atoms with E-state index in [0.29, 0.717) is 19.3 Å². The molecule has 0 aromatic carbocycles. The van der Waals surface area contributed by atoms with Gasteiger partial charge in [-0.2, -0.15) is 0 Å². The summed E-state index contributed by atoms with van der Waals surface area (Å²) >= 11 is 0. The molecular weight excluding hydrogens is 949 g/mol. The number of allylic oxidation sites excluding steroid dienone is 12. The second-order valence-corrected chi connectivity index (χ2v) is 22.4. The van der Waals surface area contributed by atoms with E-state index in [2.05, 4.69) is 93.7 Å². The molecular formula is C71H126O6. The van der Waals surface area contributed by atoms with Crippen LogP contribution in [0.1, 0.15) is 342 Å². The van der Waals surface area contributed by atoms with E-state index in [9.17, 15) is 14.4 Å². The minimum Gasteiger partial charge on any atom is -0.462 e. The molecule has 0 bridgehead atoms. The van der Waals surface area contributed by atoms with Crippen LogP contribution in [0.4, 0.5) is 0 Å². The normalized spacial score (nSPS) is 12.5. The average Bonchev–Trinajstić information content (AvgIpc) is 3.43. The molecule has 0 aromatic heterocycles. The standard InChI is InChI=1S/C71H126O6/c1-4-7-10-13-16-19-22-25-27-29-31-32-33-34-35-36-37-38-40-41-43-46-49-52-55-58-61-64-70(73)76-67-68(66-75-69(72)63-60-57-54-51-48-45-24-21-18-15-12-9-6-3)77-71(74)65-62-59-56-53-50-47-44-42-39-30-28-26-23-20-17-14-11-8-5-2/h17,20,22,25-26,28-29,31,33-34,39,42,68H,4-16,18-19,21,23-24,27,30,32,35-38,40-41,43-67H2,1-3H3/b20-17-,25-22-,28-26-,31-29-,34-33-,42-39-. The lowest BCUT2D eigenvalue weighted by Gasteiger charge is -2.18. The molecule has 6 nitrogen and oxygen atoms in total.